The van der Waals surface area contributed by atoms with Crippen molar-refractivity contribution < 1.29 is 14.1 Å². The number of hydrogen-bond donors (Lipinski definition) is 3. The maximum atomic E-state index is 11.1. The van der Waals surface area contributed by atoms with Gasteiger partial charge in [0.2, 0.25) is 0 Å². The van der Waals surface area contributed by atoms with Gasteiger partial charge in [0.25, 0.3) is 0 Å². The number of nitrogens with one attached hydrogen (secondary N) is 1. The highest BCUT2D eigenvalue weighted by atomic mass is 32.2. The summed E-state index contributed by atoms with van der Waals surface area (Å²) in [7, 11) is -1.79. The van der Waals surface area contributed by atoms with Crippen molar-refractivity contribution in [1.29, 1.82) is 0 Å². The summed E-state index contributed by atoms with van der Waals surface area (Å²) in [6.07, 6.45) is -0.100. The molecule has 7 heteroatoms. The Bertz CT molecular complexity index is 337. The zero-order valence-corrected chi connectivity index (χ0v) is 7.25. The minimum atomic E-state index is -1.79. The summed E-state index contributed by atoms with van der Waals surface area (Å²) in [5.41, 5.74) is 5.28. The molecule has 6 nitrogen and oxygen atoms in total. The Kier molecular flexibility index (Phi) is 2.80. The average Bonchev–Trinajstić information content (AvgIpc) is 2.04. The fourth-order valence-electron chi connectivity index (χ4n) is 0.640. The highest BCUT2D eigenvalue weighted by Gasteiger charge is 2.06. The van der Waals surface area contributed by atoms with Gasteiger partial charge in [-0.05, 0) is 12.1 Å². The van der Waals surface area contributed by atoms with Gasteiger partial charge in [-0.15, -0.1) is 0 Å². The van der Waals surface area contributed by atoms with Gasteiger partial charge in [0.05, 0.1) is 4.90 Å². The third kappa shape index (κ3) is 2.71. The van der Waals surface area contributed by atoms with E-state index in [-0.39, 0.29) is 10.7 Å². The monoisotopic (exact) mass is 201 g/mol. The van der Waals surface area contributed by atoms with E-state index in [0.717, 1.165) is 0 Å². The third-order valence-electron chi connectivity index (χ3n) is 1.15. The molecule has 0 saturated heterocycles. The molecule has 0 spiro atoms. The Balaban J connectivity index is 2.78. The summed E-state index contributed by atoms with van der Waals surface area (Å²) in [5.74, 6) is 0.288. The molecule has 0 aliphatic rings. The second-order valence-corrected chi connectivity index (χ2v) is 3.31. The highest BCUT2D eigenvalue weighted by Crippen LogP contribution is 2.04. The van der Waals surface area contributed by atoms with Crippen LogP contribution in [0.2, 0.25) is 0 Å². The fraction of sp³-hybridized carbons (Fsp3) is 0. The molecule has 1 heterocycles. The predicted octanol–water partition coefficient (Wildman–Crippen LogP) is -0.0460. The maximum Gasteiger partial charge on any atom is 0.416 e. The standard InChI is InChI=1S/C6H7N3O3S/c7-5-2-1-4(3-8-5)13(12)9-6(10)11/h1-3,9H,(H2,7,8)(H,10,11). The number of nitrogen functional groups attached to an aromatic ring is 1. The van der Waals surface area contributed by atoms with Crippen LogP contribution in [0.5, 0.6) is 0 Å². The van der Waals surface area contributed by atoms with E-state index in [1.54, 1.807) is 4.72 Å². The van der Waals surface area contributed by atoms with E-state index in [9.17, 15) is 9.00 Å². The second-order valence-electron chi connectivity index (χ2n) is 2.09. The molecular formula is C6H7N3O3S. The summed E-state index contributed by atoms with van der Waals surface area (Å²) in [6.45, 7) is 0. The topological polar surface area (TPSA) is 105 Å². The van der Waals surface area contributed by atoms with Crippen molar-refractivity contribution in [3.05, 3.63) is 18.3 Å². The van der Waals surface area contributed by atoms with Crippen molar-refractivity contribution in [2.45, 2.75) is 4.90 Å². The number of anilines is 1. The van der Waals surface area contributed by atoms with Crippen LogP contribution in [0.4, 0.5) is 10.6 Å². The molecule has 1 atom stereocenters. The summed E-state index contributed by atoms with van der Waals surface area (Å²) < 4.78 is 12.9. The van der Waals surface area contributed by atoms with Gasteiger partial charge in [0, 0.05) is 6.20 Å². The van der Waals surface area contributed by atoms with Gasteiger partial charge in [0.1, 0.15) is 5.82 Å². The first-order chi connectivity index (χ1) is 6.09. The summed E-state index contributed by atoms with van der Waals surface area (Å²) in [4.78, 5) is 14.0. The fourth-order valence-corrected chi connectivity index (χ4v) is 1.26. The molecule has 1 amide bonds. The molecule has 70 valence electrons. The number of aromatic nitrogens is 1. The lowest BCUT2D eigenvalue weighted by molar-refractivity contribution is 0.201. The number of carboxylic acid groups (broad SMARTS) is 1. The Morgan fingerprint density at radius 2 is 2.31 bits per heavy atom. The van der Waals surface area contributed by atoms with Crippen LogP contribution in [0, 0.1) is 0 Å². The molecule has 0 radical (unpaired) electrons. The van der Waals surface area contributed by atoms with Crippen molar-refractivity contribution in [3.63, 3.8) is 0 Å². The first-order valence-electron chi connectivity index (χ1n) is 3.22. The zero-order chi connectivity index (χ0) is 9.84. The summed E-state index contributed by atoms with van der Waals surface area (Å²) in [6, 6.07) is 2.88. The number of nitrogens with zero attached hydrogens (tertiary/aromatic N) is 1. The van der Waals surface area contributed by atoms with Crippen molar-refractivity contribution >= 4 is 22.9 Å². The lowest BCUT2D eigenvalue weighted by Crippen LogP contribution is -2.23. The van der Waals surface area contributed by atoms with E-state index in [1.165, 1.54) is 18.3 Å². The second kappa shape index (κ2) is 3.85. The number of pyridine rings is 1. The van der Waals surface area contributed by atoms with Crippen LogP contribution >= 0.6 is 0 Å². The molecule has 1 rings (SSSR count). The third-order valence-corrected chi connectivity index (χ3v) is 2.18. The number of amides is 1. The number of nitrogens with two attached hydrogens (primary N) is 1. The Hall–Kier alpha value is -1.63. The van der Waals surface area contributed by atoms with Crippen LogP contribution < -0.4 is 10.5 Å². The van der Waals surface area contributed by atoms with Gasteiger partial charge in [-0.1, -0.05) is 0 Å². The van der Waals surface area contributed by atoms with Crippen LogP contribution in [0.3, 0.4) is 0 Å². The van der Waals surface area contributed by atoms with E-state index in [2.05, 4.69) is 4.98 Å². The summed E-state index contributed by atoms with van der Waals surface area (Å²) >= 11 is 0. The predicted molar refractivity (Wildman–Crippen MR) is 46.2 cm³/mol. The van der Waals surface area contributed by atoms with Crippen LogP contribution in [0.1, 0.15) is 0 Å². The van der Waals surface area contributed by atoms with E-state index < -0.39 is 17.1 Å². The lowest BCUT2D eigenvalue weighted by atomic mass is 10.5. The maximum absolute atomic E-state index is 11.1. The van der Waals surface area contributed by atoms with Crippen molar-refractivity contribution in [2.75, 3.05) is 5.73 Å². The Morgan fingerprint density at radius 3 is 2.77 bits per heavy atom. The SMILES string of the molecule is Nc1ccc(S(=O)NC(=O)O)cn1. The van der Waals surface area contributed by atoms with E-state index in [1.807, 2.05) is 0 Å². The van der Waals surface area contributed by atoms with Crippen LogP contribution in [0.25, 0.3) is 0 Å². The Labute approximate surface area is 76.4 Å². The van der Waals surface area contributed by atoms with Gasteiger partial charge in [0.15, 0.2) is 11.0 Å². The molecule has 1 aromatic heterocycles. The molecular weight excluding hydrogens is 194 g/mol. The van der Waals surface area contributed by atoms with Crippen LogP contribution in [-0.4, -0.2) is 20.4 Å². The molecule has 0 aliphatic heterocycles. The molecule has 1 aromatic rings. The van der Waals surface area contributed by atoms with Crippen molar-refractivity contribution in [2.24, 2.45) is 0 Å². The smallest absolute Gasteiger partial charge is 0.416 e. The largest absolute Gasteiger partial charge is 0.464 e. The number of rotatable bonds is 2. The van der Waals surface area contributed by atoms with Gasteiger partial charge < -0.3 is 10.8 Å². The molecule has 0 saturated carbocycles. The zero-order valence-electron chi connectivity index (χ0n) is 6.43. The highest BCUT2D eigenvalue weighted by molar-refractivity contribution is 7.83. The van der Waals surface area contributed by atoms with Crippen LogP contribution in [-0.2, 0) is 11.0 Å². The molecule has 0 aliphatic carbocycles. The molecule has 4 N–H and O–H groups in total. The molecule has 0 bridgehead atoms. The first-order valence-corrected chi connectivity index (χ1v) is 4.37. The first kappa shape index (κ1) is 9.46. The van der Waals surface area contributed by atoms with Crippen molar-refractivity contribution in [3.8, 4) is 0 Å². The molecule has 0 aromatic carbocycles. The van der Waals surface area contributed by atoms with Gasteiger partial charge >= 0.3 is 6.09 Å². The number of carbonyl (C=O) groups is 1. The minimum Gasteiger partial charge on any atom is -0.464 e. The van der Waals surface area contributed by atoms with Crippen LogP contribution in [0.15, 0.2) is 23.2 Å². The molecule has 1 unspecified atom stereocenters. The molecule has 0 fully saturated rings. The lowest BCUT2D eigenvalue weighted by Gasteiger charge is -1.99. The van der Waals surface area contributed by atoms with Gasteiger partial charge in [-0.3, -0.25) is 0 Å². The van der Waals surface area contributed by atoms with Crippen molar-refractivity contribution in [1.82, 2.24) is 9.71 Å². The normalized spacial score (nSPS) is 12.0. The van der Waals surface area contributed by atoms with E-state index >= 15 is 0 Å². The quantitative estimate of drug-likeness (QED) is 0.622. The summed E-state index contributed by atoms with van der Waals surface area (Å²) in [5, 5.41) is 8.25. The minimum absolute atomic E-state index is 0.261. The van der Waals surface area contributed by atoms with Gasteiger partial charge in [-0.25, -0.2) is 18.7 Å². The molecule has 13 heavy (non-hydrogen) atoms. The van der Waals surface area contributed by atoms with Gasteiger partial charge in [-0.2, -0.15) is 0 Å². The number of hydrogen-bond acceptors (Lipinski definition) is 4. The average molecular weight is 201 g/mol. The Morgan fingerprint density at radius 1 is 1.62 bits per heavy atom. The van der Waals surface area contributed by atoms with E-state index in [4.69, 9.17) is 10.8 Å². The van der Waals surface area contributed by atoms with E-state index in [0.29, 0.717) is 0 Å².